The average Bonchev–Trinajstić information content (AvgIpc) is 3.32. The van der Waals surface area contributed by atoms with E-state index in [-0.39, 0.29) is 4.99 Å². The van der Waals surface area contributed by atoms with Gasteiger partial charge in [-0.15, -0.1) is 0 Å². The van der Waals surface area contributed by atoms with E-state index in [1.807, 2.05) is 91.0 Å². The molecule has 0 radical (unpaired) electrons. The Morgan fingerprint density at radius 2 is 1.42 bits per heavy atom. The minimum absolute atomic E-state index is 0.273. The molecule has 1 heterocycles. The number of carbonyl (C=O) groups excluding carboxylic acids is 3. The first-order valence-electron chi connectivity index (χ1n) is 11.9. The summed E-state index contributed by atoms with van der Waals surface area (Å²) < 4.78 is 5.96. The smallest absolute Gasteiger partial charge is 0.330 e. The molecule has 1 saturated heterocycles. The number of aryl methyl sites for hydroxylation is 1. The minimum atomic E-state index is -0.946. The van der Waals surface area contributed by atoms with Crippen LogP contribution in [0.2, 0.25) is 0 Å². The van der Waals surface area contributed by atoms with Gasteiger partial charge in [0.25, 0.3) is 5.91 Å². The van der Waals surface area contributed by atoms with Crippen LogP contribution in [0.5, 0.6) is 0 Å². The molecule has 36 heavy (non-hydrogen) atoms. The van der Waals surface area contributed by atoms with Crippen molar-refractivity contribution in [3.8, 4) is 0 Å². The molecule has 2 atom stereocenters. The van der Waals surface area contributed by atoms with Crippen LogP contribution in [0.3, 0.4) is 0 Å². The third-order valence-corrected chi connectivity index (χ3v) is 7.10. The van der Waals surface area contributed by atoms with Crippen LogP contribution in [0.4, 0.5) is 0 Å². The van der Waals surface area contributed by atoms with Crippen molar-refractivity contribution >= 4 is 47.5 Å². The highest BCUT2D eigenvalue weighted by Crippen LogP contribution is 2.30. The monoisotopic (exact) mass is 517 g/mol. The first-order chi connectivity index (χ1) is 17.5. The third kappa shape index (κ3) is 6.09. The van der Waals surface area contributed by atoms with Crippen molar-refractivity contribution in [2.24, 2.45) is 0 Å². The molecular formula is C29H27NO4S2. The Morgan fingerprint density at radius 3 is 1.97 bits per heavy atom. The van der Waals surface area contributed by atoms with Gasteiger partial charge >= 0.3 is 5.97 Å². The molecule has 3 aromatic carbocycles. The van der Waals surface area contributed by atoms with Gasteiger partial charge in [-0.05, 0) is 36.0 Å². The van der Waals surface area contributed by atoms with Gasteiger partial charge in [0.15, 0.2) is 6.10 Å². The molecule has 5 nitrogen and oxygen atoms in total. The Labute approximate surface area is 221 Å². The molecule has 184 valence electrons. The number of thiocarbonyl (C=S) groups is 1. The van der Waals surface area contributed by atoms with Crippen molar-refractivity contribution in [3.63, 3.8) is 0 Å². The first kappa shape index (κ1) is 25.8. The fraction of sp³-hybridized carbons (Fsp3) is 0.241. The summed E-state index contributed by atoms with van der Waals surface area (Å²) in [6, 6.07) is 27.6. The lowest BCUT2D eigenvalue weighted by Crippen LogP contribution is -2.48. The highest BCUT2D eigenvalue weighted by atomic mass is 32.1. The molecule has 1 unspecified atom stereocenters. The van der Waals surface area contributed by atoms with Crippen molar-refractivity contribution in [2.45, 2.75) is 43.1 Å². The van der Waals surface area contributed by atoms with E-state index in [9.17, 15) is 14.4 Å². The van der Waals surface area contributed by atoms with E-state index >= 15 is 0 Å². The molecule has 1 amide bonds. The van der Waals surface area contributed by atoms with E-state index in [2.05, 4.69) is 12.6 Å². The number of carbonyl (C=O) groups is 3. The molecule has 0 spiro atoms. The maximum atomic E-state index is 13.4. The van der Waals surface area contributed by atoms with Crippen LogP contribution in [0.1, 0.15) is 42.1 Å². The Bertz CT molecular complexity index is 1180. The number of amides is 1. The second-order valence-electron chi connectivity index (χ2n) is 8.67. The Balaban J connectivity index is 1.47. The lowest BCUT2D eigenvalue weighted by Gasteiger charge is -2.26. The summed E-state index contributed by atoms with van der Waals surface area (Å²) in [7, 11) is 0. The summed E-state index contributed by atoms with van der Waals surface area (Å²) in [6.45, 7) is 0. The van der Waals surface area contributed by atoms with E-state index in [1.165, 1.54) is 0 Å². The van der Waals surface area contributed by atoms with Crippen molar-refractivity contribution in [1.29, 1.82) is 0 Å². The van der Waals surface area contributed by atoms with E-state index in [0.717, 1.165) is 21.6 Å². The lowest BCUT2D eigenvalue weighted by atomic mass is 10.0. The van der Waals surface area contributed by atoms with Gasteiger partial charge in [-0.1, -0.05) is 103 Å². The standard InChI is InChI=1S/C29H27NO4S2/c31-26(24(35)18-16-20-10-4-1-5-11-20)28(32)30-23(17-19-25(30)36)29(33)34-27(21-12-6-2-7-13-21)22-14-8-3-9-15-22/h1-15,23-24,27,35H,16-19H2/t23-,24?/m0/s1. The van der Waals surface area contributed by atoms with Gasteiger partial charge in [-0.3, -0.25) is 14.5 Å². The number of esters is 1. The quantitative estimate of drug-likeness (QED) is 0.184. The number of ether oxygens (including phenoxy) is 1. The van der Waals surface area contributed by atoms with Crippen LogP contribution in [-0.4, -0.2) is 38.8 Å². The summed E-state index contributed by atoms with van der Waals surface area (Å²) in [4.78, 5) is 40.9. The first-order valence-corrected chi connectivity index (χ1v) is 12.8. The second kappa shape index (κ2) is 12.1. The number of nitrogens with zero attached hydrogens (tertiary/aromatic N) is 1. The summed E-state index contributed by atoms with van der Waals surface area (Å²) >= 11 is 9.77. The average molecular weight is 518 g/mol. The molecule has 4 rings (SSSR count). The second-order valence-corrected chi connectivity index (χ2v) is 9.76. The highest BCUT2D eigenvalue weighted by Gasteiger charge is 2.43. The van der Waals surface area contributed by atoms with Crippen LogP contribution in [0, 0.1) is 0 Å². The molecule has 7 heteroatoms. The van der Waals surface area contributed by atoms with Crippen LogP contribution in [0.25, 0.3) is 0 Å². The number of benzene rings is 3. The molecule has 3 aromatic rings. The Hall–Kier alpha value is -3.29. The zero-order valence-electron chi connectivity index (χ0n) is 19.7. The van der Waals surface area contributed by atoms with Crippen LogP contribution >= 0.6 is 24.8 Å². The minimum Gasteiger partial charge on any atom is -0.451 e. The van der Waals surface area contributed by atoms with E-state index < -0.39 is 35.1 Å². The summed E-state index contributed by atoms with van der Waals surface area (Å²) in [5.41, 5.74) is 2.67. The number of rotatable bonds is 9. The summed E-state index contributed by atoms with van der Waals surface area (Å²) in [5, 5.41) is -0.792. The number of thiol groups is 1. The largest absolute Gasteiger partial charge is 0.451 e. The van der Waals surface area contributed by atoms with Crippen LogP contribution < -0.4 is 0 Å². The molecule has 1 aliphatic rings. The van der Waals surface area contributed by atoms with E-state index in [0.29, 0.717) is 25.7 Å². The third-order valence-electron chi connectivity index (χ3n) is 6.20. The fourth-order valence-corrected chi connectivity index (χ4v) is 4.85. The SMILES string of the molecule is O=C(C(=O)N1C(=S)CC[C@H]1C(=O)OC(c1ccccc1)c1ccccc1)C(S)CCc1ccccc1. The van der Waals surface area contributed by atoms with Gasteiger partial charge in [-0.2, -0.15) is 12.6 Å². The van der Waals surface area contributed by atoms with Gasteiger partial charge in [0.05, 0.1) is 10.2 Å². The number of ketones is 1. The molecule has 0 saturated carbocycles. The van der Waals surface area contributed by atoms with E-state index in [1.54, 1.807) is 0 Å². The normalized spacial score (nSPS) is 16.1. The maximum Gasteiger partial charge on any atom is 0.330 e. The van der Waals surface area contributed by atoms with Gasteiger partial charge < -0.3 is 4.74 Å². The molecule has 1 fully saturated rings. The molecule has 0 aromatic heterocycles. The highest BCUT2D eigenvalue weighted by molar-refractivity contribution is 7.82. The van der Waals surface area contributed by atoms with Crippen molar-refractivity contribution < 1.29 is 19.1 Å². The number of hydrogen-bond acceptors (Lipinski definition) is 6. The van der Waals surface area contributed by atoms with Gasteiger partial charge in [0, 0.05) is 6.42 Å². The van der Waals surface area contributed by atoms with Crippen LogP contribution in [0.15, 0.2) is 91.0 Å². The van der Waals surface area contributed by atoms with E-state index in [4.69, 9.17) is 17.0 Å². The molecule has 1 aliphatic heterocycles. The number of hydrogen-bond donors (Lipinski definition) is 1. The van der Waals surface area contributed by atoms with Crippen molar-refractivity contribution in [1.82, 2.24) is 4.90 Å². The number of likely N-dealkylation sites (tertiary alicyclic amines) is 1. The Morgan fingerprint density at radius 1 is 0.889 bits per heavy atom. The molecule has 0 aliphatic carbocycles. The van der Waals surface area contributed by atoms with Crippen molar-refractivity contribution in [2.75, 3.05) is 0 Å². The van der Waals surface area contributed by atoms with Gasteiger partial charge in [0.1, 0.15) is 6.04 Å². The Kier molecular flexibility index (Phi) is 8.67. The zero-order valence-corrected chi connectivity index (χ0v) is 21.4. The lowest BCUT2D eigenvalue weighted by molar-refractivity contribution is -0.156. The summed E-state index contributed by atoms with van der Waals surface area (Å²) in [6.07, 6.45) is 1.03. The molecular weight excluding hydrogens is 490 g/mol. The molecule has 0 N–H and O–H groups in total. The van der Waals surface area contributed by atoms with Gasteiger partial charge in [0.2, 0.25) is 5.78 Å². The maximum absolute atomic E-state index is 13.4. The topological polar surface area (TPSA) is 63.7 Å². The van der Waals surface area contributed by atoms with Crippen LogP contribution in [-0.2, 0) is 25.5 Å². The predicted molar refractivity (Wildman–Crippen MR) is 146 cm³/mol. The fourth-order valence-electron chi connectivity index (χ4n) is 4.28. The molecule has 0 bridgehead atoms. The predicted octanol–water partition coefficient (Wildman–Crippen LogP) is 5.14. The van der Waals surface area contributed by atoms with Crippen molar-refractivity contribution in [3.05, 3.63) is 108 Å². The van der Waals surface area contributed by atoms with Gasteiger partial charge in [-0.25, -0.2) is 4.79 Å². The zero-order chi connectivity index (χ0) is 25.5. The summed E-state index contributed by atoms with van der Waals surface area (Å²) in [5.74, 6) is -2.06. The number of Topliss-reactive ketones (excluding diaryl/α,β-unsaturated/α-hetero) is 1.